The molecule has 0 saturated carbocycles. The monoisotopic (exact) mass is 295 g/mol. The molecular weight excluding hydrogens is 278 g/mol. The minimum absolute atomic E-state index is 0.0388. The van der Waals surface area contributed by atoms with Crippen molar-refractivity contribution >= 4 is 33.0 Å². The third kappa shape index (κ3) is 3.02. The Morgan fingerprint density at radius 2 is 2.00 bits per heavy atom. The van der Waals surface area contributed by atoms with Crippen LogP contribution in [0.1, 0.15) is 25.6 Å². The largest absolute Gasteiger partial charge is 0.244 e. The molecule has 0 N–H and O–H groups in total. The normalized spacial score (nSPS) is 14.5. The first-order valence-electron chi connectivity index (χ1n) is 5.42. The Morgan fingerprint density at radius 1 is 1.41 bits per heavy atom. The summed E-state index contributed by atoms with van der Waals surface area (Å²) in [6.45, 7) is 5.93. The van der Waals surface area contributed by atoms with E-state index in [1.165, 1.54) is 15.6 Å². The number of hydrogen-bond acceptors (Lipinski definition) is 3. The van der Waals surface area contributed by atoms with Gasteiger partial charge in [-0.15, -0.1) is 22.9 Å². The zero-order valence-electron chi connectivity index (χ0n) is 10.5. The fourth-order valence-electron chi connectivity index (χ4n) is 1.45. The molecule has 0 amide bonds. The van der Waals surface area contributed by atoms with Gasteiger partial charge in [0.2, 0.25) is 10.0 Å². The van der Waals surface area contributed by atoms with Crippen LogP contribution in [0.25, 0.3) is 0 Å². The molecule has 1 atom stereocenters. The minimum Gasteiger partial charge on any atom is -0.207 e. The van der Waals surface area contributed by atoms with Crippen molar-refractivity contribution in [2.24, 2.45) is 5.92 Å². The maximum absolute atomic E-state index is 12.4. The van der Waals surface area contributed by atoms with Gasteiger partial charge in [-0.25, -0.2) is 8.42 Å². The Balaban J connectivity index is 3.12. The molecule has 1 heterocycles. The Hall–Kier alpha value is -0.100. The van der Waals surface area contributed by atoms with Gasteiger partial charge in [-0.1, -0.05) is 13.8 Å². The van der Waals surface area contributed by atoms with E-state index >= 15 is 0 Å². The van der Waals surface area contributed by atoms with E-state index in [2.05, 4.69) is 0 Å². The van der Waals surface area contributed by atoms with Gasteiger partial charge in [-0.3, -0.25) is 0 Å². The molecule has 0 radical (unpaired) electrons. The summed E-state index contributed by atoms with van der Waals surface area (Å²) in [7, 11) is -1.80. The summed E-state index contributed by atoms with van der Waals surface area (Å²) in [5.74, 6) is 0.503. The van der Waals surface area contributed by atoms with Crippen LogP contribution < -0.4 is 0 Å². The molecule has 0 saturated heterocycles. The smallest absolute Gasteiger partial charge is 0.207 e. The zero-order valence-corrected chi connectivity index (χ0v) is 12.9. The van der Waals surface area contributed by atoms with Gasteiger partial charge in [-0.05, 0) is 24.3 Å². The Morgan fingerprint density at radius 3 is 2.47 bits per heavy atom. The van der Waals surface area contributed by atoms with Crippen molar-refractivity contribution < 1.29 is 8.42 Å². The predicted octanol–water partition coefficient (Wildman–Crippen LogP) is 3.15. The van der Waals surface area contributed by atoms with E-state index in [1.807, 2.05) is 20.8 Å². The molecule has 0 aliphatic heterocycles. The van der Waals surface area contributed by atoms with E-state index in [0.717, 1.165) is 0 Å². The number of sulfonamides is 1. The zero-order chi connectivity index (χ0) is 13.2. The van der Waals surface area contributed by atoms with Gasteiger partial charge in [0, 0.05) is 18.0 Å². The lowest BCUT2D eigenvalue weighted by molar-refractivity contribution is 0.315. The van der Waals surface area contributed by atoms with E-state index in [9.17, 15) is 8.42 Å². The lowest BCUT2D eigenvalue weighted by atomic mass is 10.1. The topological polar surface area (TPSA) is 37.4 Å². The number of halogens is 1. The van der Waals surface area contributed by atoms with Gasteiger partial charge < -0.3 is 0 Å². The van der Waals surface area contributed by atoms with Crippen molar-refractivity contribution in [2.45, 2.75) is 37.6 Å². The second kappa shape index (κ2) is 5.69. The molecule has 0 spiro atoms. The van der Waals surface area contributed by atoms with Crippen molar-refractivity contribution in [3.05, 3.63) is 16.3 Å². The van der Waals surface area contributed by atoms with Crippen LogP contribution in [0, 0.1) is 5.92 Å². The molecular formula is C11H18ClNO2S2. The number of thiophene rings is 1. The van der Waals surface area contributed by atoms with Crippen LogP contribution in [-0.4, -0.2) is 25.8 Å². The molecule has 98 valence electrons. The van der Waals surface area contributed by atoms with Crippen LogP contribution in [0.2, 0.25) is 0 Å². The summed E-state index contributed by atoms with van der Waals surface area (Å²) in [6.07, 6.45) is 0. The van der Waals surface area contributed by atoms with E-state index in [-0.39, 0.29) is 17.8 Å². The molecule has 3 nitrogen and oxygen atoms in total. The molecule has 0 fully saturated rings. The number of alkyl halides is 1. The molecule has 17 heavy (non-hydrogen) atoms. The van der Waals surface area contributed by atoms with Crippen molar-refractivity contribution in [3.8, 4) is 0 Å². The standard InChI is InChI=1S/C11H18ClNO2S2/c1-8(2)9(3)13(4)17(14,15)11-5-6-16-10(11)7-12/h5-6,8-9H,7H2,1-4H3. The average Bonchev–Trinajstić information content (AvgIpc) is 2.75. The molecule has 0 aromatic carbocycles. The molecule has 6 heteroatoms. The summed E-state index contributed by atoms with van der Waals surface area (Å²) in [6, 6.07) is 1.59. The van der Waals surface area contributed by atoms with Crippen LogP contribution in [0.15, 0.2) is 16.3 Å². The third-order valence-corrected chi connectivity index (χ3v) is 6.53. The van der Waals surface area contributed by atoms with Gasteiger partial charge in [0.15, 0.2) is 0 Å². The van der Waals surface area contributed by atoms with Crippen LogP contribution in [0.5, 0.6) is 0 Å². The van der Waals surface area contributed by atoms with Crippen molar-refractivity contribution in [2.75, 3.05) is 7.05 Å². The highest BCUT2D eigenvalue weighted by molar-refractivity contribution is 7.89. The molecule has 0 aliphatic carbocycles. The molecule has 1 unspecified atom stereocenters. The highest BCUT2D eigenvalue weighted by Crippen LogP contribution is 2.27. The average molecular weight is 296 g/mol. The van der Waals surface area contributed by atoms with Crippen LogP contribution in [-0.2, 0) is 15.9 Å². The maximum Gasteiger partial charge on any atom is 0.244 e. The van der Waals surface area contributed by atoms with Gasteiger partial charge >= 0.3 is 0 Å². The van der Waals surface area contributed by atoms with Crippen molar-refractivity contribution in [1.82, 2.24) is 4.31 Å². The lowest BCUT2D eigenvalue weighted by Gasteiger charge is -2.27. The molecule has 0 aliphatic rings. The Labute approximate surface area is 112 Å². The number of rotatable bonds is 5. The van der Waals surface area contributed by atoms with Gasteiger partial charge in [0.1, 0.15) is 0 Å². The van der Waals surface area contributed by atoms with Gasteiger partial charge in [-0.2, -0.15) is 4.31 Å². The van der Waals surface area contributed by atoms with Crippen LogP contribution in [0.3, 0.4) is 0 Å². The fourth-order valence-corrected chi connectivity index (χ4v) is 4.62. The van der Waals surface area contributed by atoms with E-state index in [0.29, 0.717) is 9.77 Å². The number of nitrogens with zero attached hydrogens (tertiary/aromatic N) is 1. The molecule has 0 bridgehead atoms. The molecule has 1 rings (SSSR count). The minimum atomic E-state index is -3.42. The summed E-state index contributed by atoms with van der Waals surface area (Å²) >= 11 is 7.13. The number of hydrogen-bond donors (Lipinski definition) is 0. The first-order valence-corrected chi connectivity index (χ1v) is 8.28. The first kappa shape index (κ1) is 15.0. The summed E-state index contributed by atoms with van der Waals surface area (Å²) in [5, 5.41) is 1.76. The lowest BCUT2D eigenvalue weighted by Crippen LogP contribution is -2.38. The first-order chi connectivity index (χ1) is 7.82. The Kier molecular flexibility index (Phi) is 5.01. The Bertz CT molecular complexity index is 468. The van der Waals surface area contributed by atoms with Crippen molar-refractivity contribution in [3.63, 3.8) is 0 Å². The summed E-state index contributed by atoms with van der Waals surface area (Å²) in [5.41, 5.74) is 0. The second-order valence-electron chi connectivity index (χ2n) is 4.35. The van der Waals surface area contributed by atoms with E-state index < -0.39 is 10.0 Å². The fraction of sp³-hybridized carbons (Fsp3) is 0.636. The highest BCUT2D eigenvalue weighted by Gasteiger charge is 2.29. The van der Waals surface area contributed by atoms with Crippen LogP contribution in [0.4, 0.5) is 0 Å². The van der Waals surface area contributed by atoms with Gasteiger partial charge in [0.05, 0.1) is 10.8 Å². The predicted molar refractivity (Wildman–Crippen MR) is 73.1 cm³/mol. The third-order valence-electron chi connectivity index (χ3n) is 3.02. The molecule has 1 aromatic rings. The summed E-state index contributed by atoms with van der Waals surface area (Å²) < 4.78 is 26.2. The van der Waals surface area contributed by atoms with E-state index in [1.54, 1.807) is 18.5 Å². The second-order valence-corrected chi connectivity index (χ2v) is 7.58. The van der Waals surface area contributed by atoms with Crippen LogP contribution >= 0.6 is 22.9 Å². The van der Waals surface area contributed by atoms with E-state index in [4.69, 9.17) is 11.6 Å². The van der Waals surface area contributed by atoms with Crippen molar-refractivity contribution in [1.29, 1.82) is 0 Å². The highest BCUT2D eigenvalue weighted by atomic mass is 35.5. The SMILES string of the molecule is CC(C)C(C)N(C)S(=O)(=O)c1ccsc1CCl. The summed E-state index contributed by atoms with van der Waals surface area (Å²) in [4.78, 5) is 1.04. The van der Waals surface area contributed by atoms with Gasteiger partial charge in [0.25, 0.3) is 0 Å². The maximum atomic E-state index is 12.4. The quantitative estimate of drug-likeness (QED) is 0.783. The molecule has 1 aromatic heterocycles.